The maximum absolute atomic E-state index is 13.0. The topological polar surface area (TPSA) is 80.3 Å². The molecule has 2 fully saturated rings. The van der Waals surface area contributed by atoms with Crippen LogP contribution in [0.2, 0.25) is 0 Å². The second kappa shape index (κ2) is 10.6. The van der Waals surface area contributed by atoms with Crippen molar-refractivity contribution in [2.24, 2.45) is 0 Å². The number of esters is 2. The number of carbonyl (C=O) groups excluding carboxylic acids is 2. The van der Waals surface area contributed by atoms with E-state index < -0.39 is 48.2 Å². The van der Waals surface area contributed by atoms with E-state index in [0.717, 1.165) is 5.56 Å². The molecule has 2 heterocycles. The van der Waals surface area contributed by atoms with Crippen LogP contribution in [0.3, 0.4) is 0 Å². The van der Waals surface area contributed by atoms with E-state index in [2.05, 4.69) is 0 Å². The highest BCUT2D eigenvalue weighted by atomic mass is 35.5. The maximum atomic E-state index is 13.0. The van der Waals surface area contributed by atoms with Crippen molar-refractivity contribution in [3.05, 3.63) is 108 Å². The predicted molar refractivity (Wildman–Crippen MR) is 126 cm³/mol. The zero-order chi connectivity index (χ0) is 24.2. The average Bonchev–Trinajstić information content (AvgIpc) is 2.91. The van der Waals surface area contributed by atoms with Crippen LogP contribution in [0, 0.1) is 0 Å². The number of carbonyl (C=O) groups is 2. The number of halogens is 1. The maximum Gasteiger partial charge on any atom is 0.338 e. The highest BCUT2D eigenvalue weighted by Crippen LogP contribution is 2.37. The van der Waals surface area contributed by atoms with Crippen LogP contribution in [0.1, 0.15) is 32.6 Å². The standard InChI is InChI=1S/C27H23ClO7/c28-24-23(34-26(30)18-12-6-2-7-13-18)22(33-25(29)17-10-4-1-5-11-17)21-20(32-24)16-31-27(35-21)19-14-8-3-9-15-19/h1-15,20-24,27H,16H2/t20-,21+,22+,23-,24+,27+/m1/s1. The number of ether oxygens (including phenoxy) is 5. The van der Waals surface area contributed by atoms with Gasteiger partial charge < -0.3 is 23.7 Å². The minimum atomic E-state index is -1.12. The van der Waals surface area contributed by atoms with Gasteiger partial charge in [0.15, 0.2) is 24.1 Å². The van der Waals surface area contributed by atoms with E-state index in [1.165, 1.54) is 0 Å². The Morgan fingerprint density at radius 2 is 1.23 bits per heavy atom. The minimum Gasteiger partial charge on any atom is -0.452 e. The average molecular weight is 495 g/mol. The van der Waals surface area contributed by atoms with Gasteiger partial charge in [-0.2, -0.15) is 0 Å². The Hall–Kier alpha value is -3.23. The molecule has 2 saturated heterocycles. The summed E-state index contributed by atoms with van der Waals surface area (Å²) in [5, 5.41) is 0. The fraction of sp³-hybridized carbons (Fsp3) is 0.259. The van der Waals surface area contributed by atoms with Crippen LogP contribution in [0.4, 0.5) is 0 Å². The van der Waals surface area contributed by atoms with Crippen LogP contribution >= 0.6 is 11.6 Å². The molecule has 0 unspecified atom stereocenters. The van der Waals surface area contributed by atoms with Crippen LogP contribution < -0.4 is 0 Å². The van der Waals surface area contributed by atoms with Crippen LogP contribution in [-0.2, 0) is 23.7 Å². The minimum absolute atomic E-state index is 0.159. The lowest BCUT2D eigenvalue weighted by atomic mass is 9.98. The molecule has 2 aliphatic rings. The summed E-state index contributed by atoms with van der Waals surface area (Å²) in [4.78, 5) is 25.9. The van der Waals surface area contributed by atoms with Crippen molar-refractivity contribution >= 4 is 23.5 Å². The van der Waals surface area contributed by atoms with E-state index in [0.29, 0.717) is 11.1 Å². The Morgan fingerprint density at radius 3 is 1.80 bits per heavy atom. The first kappa shape index (κ1) is 23.5. The molecule has 0 spiro atoms. The first-order chi connectivity index (χ1) is 17.1. The lowest BCUT2D eigenvalue weighted by Crippen LogP contribution is -2.62. The molecule has 0 aliphatic carbocycles. The zero-order valence-electron chi connectivity index (χ0n) is 18.6. The van der Waals surface area contributed by atoms with Crippen molar-refractivity contribution in [2.75, 3.05) is 6.61 Å². The Morgan fingerprint density at radius 1 is 0.714 bits per heavy atom. The van der Waals surface area contributed by atoms with Gasteiger partial charge in [-0.25, -0.2) is 9.59 Å². The molecular formula is C27H23ClO7. The first-order valence-electron chi connectivity index (χ1n) is 11.2. The second-order valence-corrected chi connectivity index (χ2v) is 8.60. The van der Waals surface area contributed by atoms with Gasteiger partial charge in [-0.3, -0.25) is 0 Å². The van der Waals surface area contributed by atoms with Crippen LogP contribution in [-0.4, -0.2) is 48.5 Å². The fourth-order valence-corrected chi connectivity index (χ4v) is 4.43. The number of fused-ring (bicyclic) bond motifs is 1. The summed E-state index contributed by atoms with van der Waals surface area (Å²) < 4.78 is 29.6. The van der Waals surface area contributed by atoms with Crippen molar-refractivity contribution in [2.45, 2.75) is 36.3 Å². The molecule has 2 aliphatic heterocycles. The van der Waals surface area contributed by atoms with Crippen molar-refractivity contribution in [1.29, 1.82) is 0 Å². The van der Waals surface area contributed by atoms with E-state index >= 15 is 0 Å². The van der Waals surface area contributed by atoms with Crippen molar-refractivity contribution < 1.29 is 33.3 Å². The van der Waals surface area contributed by atoms with E-state index in [1.807, 2.05) is 30.3 Å². The second-order valence-electron chi connectivity index (χ2n) is 8.17. The summed E-state index contributed by atoms with van der Waals surface area (Å²) >= 11 is 6.51. The van der Waals surface area contributed by atoms with Gasteiger partial charge in [0, 0.05) is 5.56 Å². The predicted octanol–water partition coefficient (Wildman–Crippen LogP) is 4.52. The van der Waals surface area contributed by atoms with Gasteiger partial charge in [0.2, 0.25) is 0 Å². The molecule has 0 bridgehead atoms. The molecule has 0 aromatic heterocycles. The lowest BCUT2D eigenvalue weighted by Gasteiger charge is -2.47. The summed E-state index contributed by atoms with van der Waals surface area (Å²) in [6.45, 7) is 0.159. The van der Waals surface area contributed by atoms with E-state index in [4.69, 9.17) is 35.3 Å². The number of hydrogen-bond donors (Lipinski definition) is 0. The smallest absolute Gasteiger partial charge is 0.338 e. The number of alkyl halides is 1. The third-order valence-corrected chi connectivity index (χ3v) is 6.20. The molecule has 180 valence electrons. The number of rotatable bonds is 5. The Labute approximate surface area is 207 Å². The Balaban J connectivity index is 1.43. The molecule has 35 heavy (non-hydrogen) atoms. The largest absolute Gasteiger partial charge is 0.452 e. The zero-order valence-corrected chi connectivity index (χ0v) is 19.3. The normalized spacial score (nSPS) is 27.9. The van der Waals surface area contributed by atoms with Gasteiger partial charge in [-0.05, 0) is 24.3 Å². The Kier molecular flexibility index (Phi) is 7.11. The van der Waals surface area contributed by atoms with Crippen molar-refractivity contribution in [3.8, 4) is 0 Å². The van der Waals surface area contributed by atoms with E-state index in [-0.39, 0.29) is 6.61 Å². The molecule has 6 atom stereocenters. The van der Waals surface area contributed by atoms with Crippen LogP contribution in [0.5, 0.6) is 0 Å². The summed E-state index contributed by atoms with van der Waals surface area (Å²) in [6, 6.07) is 26.4. The third-order valence-electron chi connectivity index (χ3n) is 5.85. The molecule has 0 N–H and O–H groups in total. The van der Waals surface area contributed by atoms with Gasteiger partial charge in [0.25, 0.3) is 0 Å². The molecule has 3 aromatic carbocycles. The van der Waals surface area contributed by atoms with Gasteiger partial charge in [-0.15, -0.1) is 0 Å². The molecule has 0 amide bonds. The summed E-state index contributed by atoms with van der Waals surface area (Å²) in [5.41, 5.74) is 0.394. The highest BCUT2D eigenvalue weighted by molar-refractivity contribution is 6.20. The lowest BCUT2D eigenvalue weighted by molar-refractivity contribution is -0.318. The quantitative estimate of drug-likeness (QED) is 0.381. The van der Waals surface area contributed by atoms with Gasteiger partial charge in [0.05, 0.1) is 17.7 Å². The van der Waals surface area contributed by atoms with Gasteiger partial charge in [0.1, 0.15) is 12.2 Å². The number of benzene rings is 3. The summed E-state index contributed by atoms with van der Waals surface area (Å²) in [5.74, 6) is -1.21. The van der Waals surface area contributed by atoms with Crippen LogP contribution in [0.15, 0.2) is 91.0 Å². The molecule has 0 radical (unpaired) electrons. The third kappa shape index (κ3) is 5.23. The SMILES string of the molecule is O=C(O[C@@H]1[C@@H](OC(=O)c2ccccc2)[C@@H](Cl)O[C@@H]2CO[C@H](c3ccccc3)O[C@H]12)c1ccccc1. The first-order valence-corrected chi connectivity index (χ1v) is 11.7. The van der Waals surface area contributed by atoms with Crippen molar-refractivity contribution in [3.63, 3.8) is 0 Å². The van der Waals surface area contributed by atoms with E-state index in [1.54, 1.807) is 60.7 Å². The van der Waals surface area contributed by atoms with Crippen LogP contribution in [0.25, 0.3) is 0 Å². The van der Waals surface area contributed by atoms with E-state index in [9.17, 15) is 9.59 Å². The Bertz CT molecular complexity index is 1140. The monoisotopic (exact) mass is 494 g/mol. The summed E-state index contributed by atoms with van der Waals surface area (Å²) in [6.07, 6.45) is -4.28. The van der Waals surface area contributed by atoms with Crippen molar-refractivity contribution in [1.82, 2.24) is 0 Å². The van der Waals surface area contributed by atoms with Gasteiger partial charge in [-0.1, -0.05) is 78.3 Å². The molecular weight excluding hydrogens is 472 g/mol. The number of hydrogen-bond acceptors (Lipinski definition) is 7. The fourth-order valence-electron chi connectivity index (χ4n) is 4.10. The molecule has 3 aromatic rings. The highest BCUT2D eigenvalue weighted by Gasteiger charge is 2.53. The molecule has 8 heteroatoms. The summed E-state index contributed by atoms with van der Waals surface area (Å²) in [7, 11) is 0. The molecule has 5 rings (SSSR count). The molecule has 7 nitrogen and oxygen atoms in total. The van der Waals surface area contributed by atoms with Gasteiger partial charge >= 0.3 is 11.9 Å². The molecule has 0 saturated carbocycles.